The summed E-state index contributed by atoms with van der Waals surface area (Å²) in [5, 5.41) is 8.41. The molecule has 0 unspecified atom stereocenters. The fourth-order valence-electron chi connectivity index (χ4n) is 1.02. The number of hydrogen-bond acceptors (Lipinski definition) is 1. The minimum absolute atomic E-state index is 0.795. The van der Waals surface area contributed by atoms with Crippen LogP contribution in [0.5, 0.6) is 0 Å². The topological polar surface area (TPSA) is 37.3 Å². The molecule has 0 aliphatic rings. The van der Waals surface area contributed by atoms with Crippen LogP contribution < -0.4 is 0 Å². The SMILES string of the molecule is CCCCC/C=C/C(C)=C\C(=O)O. The Morgan fingerprint density at radius 1 is 1.38 bits per heavy atom. The van der Waals surface area contributed by atoms with E-state index in [1.54, 1.807) is 6.92 Å². The lowest BCUT2D eigenvalue weighted by Gasteiger charge is -1.92. The van der Waals surface area contributed by atoms with Crippen LogP contribution >= 0.6 is 0 Å². The Balaban J connectivity index is 3.65. The van der Waals surface area contributed by atoms with E-state index in [0.717, 1.165) is 12.0 Å². The van der Waals surface area contributed by atoms with Crippen molar-refractivity contribution in [1.82, 2.24) is 0 Å². The molecule has 1 N–H and O–H groups in total. The summed E-state index contributed by atoms with van der Waals surface area (Å²) in [7, 11) is 0. The summed E-state index contributed by atoms with van der Waals surface area (Å²) in [4.78, 5) is 10.2. The molecule has 0 saturated heterocycles. The fourth-order valence-corrected chi connectivity index (χ4v) is 1.02. The summed E-state index contributed by atoms with van der Waals surface area (Å²) < 4.78 is 0. The highest BCUT2D eigenvalue weighted by molar-refractivity contribution is 5.81. The second-order valence-electron chi connectivity index (χ2n) is 3.12. The van der Waals surface area contributed by atoms with Gasteiger partial charge in [-0.25, -0.2) is 4.79 Å². The molecule has 0 spiro atoms. The van der Waals surface area contributed by atoms with Gasteiger partial charge in [-0.05, 0) is 25.3 Å². The van der Waals surface area contributed by atoms with Gasteiger partial charge in [-0.1, -0.05) is 31.9 Å². The van der Waals surface area contributed by atoms with E-state index in [9.17, 15) is 4.79 Å². The number of unbranched alkanes of at least 4 members (excludes halogenated alkanes) is 3. The second-order valence-corrected chi connectivity index (χ2v) is 3.12. The summed E-state index contributed by atoms with van der Waals surface area (Å²) in [5.74, 6) is -0.879. The number of carboxylic acids is 1. The zero-order valence-electron chi connectivity index (χ0n) is 8.42. The zero-order chi connectivity index (χ0) is 10.1. The summed E-state index contributed by atoms with van der Waals surface area (Å²) in [6.45, 7) is 3.96. The number of carbonyl (C=O) groups is 1. The third-order valence-corrected chi connectivity index (χ3v) is 1.71. The molecule has 0 aromatic heterocycles. The highest BCUT2D eigenvalue weighted by atomic mass is 16.4. The van der Waals surface area contributed by atoms with E-state index in [1.807, 2.05) is 12.2 Å². The highest BCUT2D eigenvalue weighted by Crippen LogP contribution is 2.02. The third-order valence-electron chi connectivity index (χ3n) is 1.71. The lowest BCUT2D eigenvalue weighted by molar-refractivity contribution is -0.131. The van der Waals surface area contributed by atoms with Crippen LogP contribution in [0.25, 0.3) is 0 Å². The molecule has 0 amide bonds. The summed E-state index contributed by atoms with van der Waals surface area (Å²) in [6, 6.07) is 0. The molecule has 0 heterocycles. The first kappa shape index (κ1) is 11.9. The molecular formula is C11H18O2. The standard InChI is InChI=1S/C11H18O2/c1-3-4-5-6-7-8-10(2)9-11(12)13/h7-9H,3-6H2,1-2H3,(H,12,13)/b8-7+,10-9-. The van der Waals surface area contributed by atoms with Crippen LogP contribution in [0.2, 0.25) is 0 Å². The molecule has 74 valence electrons. The fraction of sp³-hybridized carbons (Fsp3) is 0.545. The third kappa shape index (κ3) is 8.86. The molecule has 2 heteroatoms. The smallest absolute Gasteiger partial charge is 0.328 e. The number of hydrogen-bond donors (Lipinski definition) is 1. The van der Waals surface area contributed by atoms with Crippen LogP contribution in [0.1, 0.15) is 39.5 Å². The van der Waals surface area contributed by atoms with Crippen molar-refractivity contribution in [3.8, 4) is 0 Å². The number of allylic oxidation sites excluding steroid dienone is 3. The van der Waals surface area contributed by atoms with Gasteiger partial charge in [-0.2, -0.15) is 0 Å². The summed E-state index contributed by atoms with van der Waals surface area (Å²) in [6.07, 6.45) is 9.81. The maximum Gasteiger partial charge on any atom is 0.328 e. The van der Waals surface area contributed by atoms with Crippen LogP contribution in [-0.4, -0.2) is 11.1 Å². The van der Waals surface area contributed by atoms with Crippen molar-refractivity contribution in [3.63, 3.8) is 0 Å². The predicted molar refractivity (Wildman–Crippen MR) is 54.7 cm³/mol. The zero-order valence-corrected chi connectivity index (χ0v) is 8.42. The minimum atomic E-state index is -0.879. The quantitative estimate of drug-likeness (QED) is 0.389. The van der Waals surface area contributed by atoms with Crippen LogP contribution in [0.3, 0.4) is 0 Å². The Kier molecular flexibility index (Phi) is 6.98. The maximum atomic E-state index is 10.2. The molecule has 0 bridgehead atoms. The largest absolute Gasteiger partial charge is 0.478 e. The Hall–Kier alpha value is -1.05. The van der Waals surface area contributed by atoms with Crippen LogP contribution in [0.4, 0.5) is 0 Å². The summed E-state index contributed by atoms with van der Waals surface area (Å²) in [5.41, 5.74) is 0.795. The van der Waals surface area contributed by atoms with Crippen molar-refractivity contribution >= 4 is 5.97 Å². The Morgan fingerprint density at radius 2 is 2.08 bits per heavy atom. The van der Waals surface area contributed by atoms with Gasteiger partial charge >= 0.3 is 5.97 Å². The number of aliphatic carboxylic acids is 1. The van der Waals surface area contributed by atoms with Crippen LogP contribution in [0.15, 0.2) is 23.8 Å². The van der Waals surface area contributed by atoms with Gasteiger partial charge in [0.2, 0.25) is 0 Å². The van der Waals surface area contributed by atoms with E-state index < -0.39 is 5.97 Å². The first-order valence-corrected chi connectivity index (χ1v) is 4.74. The molecule has 0 saturated carbocycles. The van der Waals surface area contributed by atoms with Crippen molar-refractivity contribution in [2.75, 3.05) is 0 Å². The van der Waals surface area contributed by atoms with Gasteiger partial charge in [0, 0.05) is 6.08 Å². The first-order valence-electron chi connectivity index (χ1n) is 4.74. The van der Waals surface area contributed by atoms with Gasteiger partial charge in [-0.3, -0.25) is 0 Å². The van der Waals surface area contributed by atoms with Gasteiger partial charge in [0.1, 0.15) is 0 Å². The van der Waals surface area contributed by atoms with E-state index in [4.69, 9.17) is 5.11 Å². The van der Waals surface area contributed by atoms with Gasteiger partial charge < -0.3 is 5.11 Å². The molecule has 0 atom stereocenters. The van der Waals surface area contributed by atoms with Crippen molar-refractivity contribution in [2.24, 2.45) is 0 Å². The average molecular weight is 182 g/mol. The molecule has 2 nitrogen and oxygen atoms in total. The van der Waals surface area contributed by atoms with E-state index >= 15 is 0 Å². The Labute approximate surface area is 80.0 Å². The molecule has 0 aliphatic carbocycles. The molecule has 0 aromatic carbocycles. The monoisotopic (exact) mass is 182 g/mol. The molecular weight excluding hydrogens is 164 g/mol. The van der Waals surface area contributed by atoms with Crippen molar-refractivity contribution in [1.29, 1.82) is 0 Å². The Morgan fingerprint density at radius 3 is 2.62 bits per heavy atom. The van der Waals surface area contributed by atoms with Gasteiger partial charge in [-0.15, -0.1) is 0 Å². The van der Waals surface area contributed by atoms with E-state index in [2.05, 4.69) is 6.92 Å². The molecule has 0 radical (unpaired) electrons. The predicted octanol–water partition coefficient (Wildman–Crippen LogP) is 3.15. The molecule has 0 rings (SSSR count). The number of carboxylic acid groups (broad SMARTS) is 1. The molecule has 0 fully saturated rings. The van der Waals surface area contributed by atoms with Crippen molar-refractivity contribution in [3.05, 3.63) is 23.8 Å². The van der Waals surface area contributed by atoms with Crippen LogP contribution in [0, 0.1) is 0 Å². The van der Waals surface area contributed by atoms with Gasteiger partial charge in [0.25, 0.3) is 0 Å². The summed E-state index contributed by atoms with van der Waals surface area (Å²) >= 11 is 0. The van der Waals surface area contributed by atoms with E-state index in [0.29, 0.717) is 0 Å². The lowest BCUT2D eigenvalue weighted by atomic mass is 10.1. The number of rotatable bonds is 6. The van der Waals surface area contributed by atoms with Gasteiger partial charge in [0.15, 0.2) is 0 Å². The van der Waals surface area contributed by atoms with Crippen molar-refractivity contribution < 1.29 is 9.90 Å². The average Bonchev–Trinajstić information content (AvgIpc) is 2.02. The van der Waals surface area contributed by atoms with Crippen molar-refractivity contribution in [2.45, 2.75) is 39.5 Å². The lowest BCUT2D eigenvalue weighted by Crippen LogP contribution is -1.87. The normalized spacial score (nSPS) is 12.3. The molecule has 13 heavy (non-hydrogen) atoms. The molecule has 0 aliphatic heterocycles. The van der Waals surface area contributed by atoms with Crippen LogP contribution in [-0.2, 0) is 4.79 Å². The maximum absolute atomic E-state index is 10.2. The van der Waals surface area contributed by atoms with E-state index in [1.165, 1.54) is 25.3 Å². The molecule has 0 aromatic rings. The van der Waals surface area contributed by atoms with E-state index in [-0.39, 0.29) is 0 Å². The minimum Gasteiger partial charge on any atom is -0.478 e. The van der Waals surface area contributed by atoms with Gasteiger partial charge in [0.05, 0.1) is 0 Å². The second kappa shape index (κ2) is 7.59. The Bertz CT molecular complexity index is 202. The first-order chi connectivity index (χ1) is 6.16. The highest BCUT2D eigenvalue weighted by Gasteiger charge is 1.88.